The van der Waals surface area contributed by atoms with Crippen molar-refractivity contribution in [1.29, 1.82) is 0 Å². The number of carbonyl (C=O) groups is 1. The monoisotopic (exact) mass is 297 g/mol. The lowest BCUT2D eigenvalue weighted by molar-refractivity contribution is 0.106. The molecule has 0 fully saturated rings. The molecule has 1 aliphatic rings. The highest BCUT2D eigenvalue weighted by Crippen LogP contribution is 2.32. The molecule has 0 saturated heterocycles. The van der Waals surface area contributed by atoms with Crippen LogP contribution in [-0.4, -0.2) is 35.4 Å². The molecule has 2 aromatic carbocycles. The molecular weight excluding hydrogens is 282 g/mol. The number of hydrogen-bond donors (Lipinski definition) is 2. The minimum Gasteiger partial charge on any atom is -0.508 e. The molecule has 1 heterocycles. The van der Waals surface area contributed by atoms with Crippen molar-refractivity contribution in [3.63, 3.8) is 0 Å². The van der Waals surface area contributed by atoms with Gasteiger partial charge in [0, 0.05) is 17.7 Å². The number of Topliss-reactive ketones (excluding diaryl/α,β-unsaturated/α-hetero) is 1. The van der Waals surface area contributed by atoms with Gasteiger partial charge in [-0.15, -0.1) is 0 Å². The highest BCUT2D eigenvalue weighted by atomic mass is 16.5. The van der Waals surface area contributed by atoms with Crippen molar-refractivity contribution in [1.82, 2.24) is 0 Å². The second kappa shape index (κ2) is 5.52. The van der Waals surface area contributed by atoms with Crippen molar-refractivity contribution in [2.24, 2.45) is 4.99 Å². The molecule has 0 aromatic heterocycles. The Bertz CT molecular complexity index is 780. The molecule has 0 unspecified atom stereocenters. The van der Waals surface area contributed by atoms with Gasteiger partial charge >= 0.3 is 0 Å². The number of rotatable bonds is 3. The van der Waals surface area contributed by atoms with Crippen LogP contribution in [0.5, 0.6) is 17.2 Å². The van der Waals surface area contributed by atoms with Crippen molar-refractivity contribution >= 4 is 11.5 Å². The summed E-state index contributed by atoms with van der Waals surface area (Å²) < 4.78 is 5.11. The number of fused-ring (bicyclic) bond motifs is 1. The number of hydrogen-bond acceptors (Lipinski definition) is 5. The SMILES string of the molecule is COc1cc2c(cc1O)CCN=C2C(=O)c1cccc(O)c1. The number of ether oxygens (including phenoxy) is 1. The van der Waals surface area contributed by atoms with Crippen molar-refractivity contribution in [2.45, 2.75) is 6.42 Å². The normalized spacial score (nSPS) is 13.2. The summed E-state index contributed by atoms with van der Waals surface area (Å²) in [6.45, 7) is 0.485. The van der Waals surface area contributed by atoms with Gasteiger partial charge in [-0.3, -0.25) is 9.79 Å². The molecule has 0 spiro atoms. The molecule has 0 amide bonds. The molecule has 0 atom stereocenters. The lowest BCUT2D eigenvalue weighted by atomic mass is 9.92. The van der Waals surface area contributed by atoms with E-state index in [9.17, 15) is 15.0 Å². The molecule has 0 saturated carbocycles. The van der Waals surface area contributed by atoms with Gasteiger partial charge in [0.15, 0.2) is 11.5 Å². The van der Waals surface area contributed by atoms with E-state index in [1.54, 1.807) is 24.3 Å². The molecule has 0 radical (unpaired) electrons. The quantitative estimate of drug-likeness (QED) is 0.852. The summed E-state index contributed by atoms with van der Waals surface area (Å²) >= 11 is 0. The van der Waals surface area contributed by atoms with Crippen molar-refractivity contribution < 1.29 is 19.7 Å². The van der Waals surface area contributed by atoms with E-state index in [4.69, 9.17) is 4.74 Å². The number of phenols is 2. The number of benzene rings is 2. The molecule has 3 rings (SSSR count). The number of aliphatic imine (C=N–C) groups is 1. The number of ketones is 1. The topological polar surface area (TPSA) is 79.1 Å². The largest absolute Gasteiger partial charge is 0.508 e. The Balaban J connectivity index is 2.07. The first-order chi connectivity index (χ1) is 10.6. The van der Waals surface area contributed by atoms with E-state index in [-0.39, 0.29) is 17.3 Å². The summed E-state index contributed by atoms with van der Waals surface area (Å²) in [6.07, 6.45) is 0.656. The highest BCUT2D eigenvalue weighted by Gasteiger charge is 2.24. The number of methoxy groups -OCH3 is 1. The Hall–Kier alpha value is -2.82. The van der Waals surface area contributed by atoms with E-state index in [0.717, 1.165) is 5.56 Å². The van der Waals surface area contributed by atoms with Crippen LogP contribution in [0, 0.1) is 0 Å². The smallest absolute Gasteiger partial charge is 0.211 e. The average Bonchev–Trinajstić information content (AvgIpc) is 2.53. The lowest BCUT2D eigenvalue weighted by Crippen LogP contribution is -2.22. The minimum atomic E-state index is -0.260. The van der Waals surface area contributed by atoms with Crippen molar-refractivity contribution in [3.8, 4) is 17.2 Å². The maximum atomic E-state index is 12.7. The third-order valence-electron chi connectivity index (χ3n) is 3.63. The van der Waals surface area contributed by atoms with Gasteiger partial charge in [0.25, 0.3) is 0 Å². The van der Waals surface area contributed by atoms with Crippen molar-refractivity contribution in [2.75, 3.05) is 13.7 Å². The van der Waals surface area contributed by atoms with E-state index in [1.165, 1.54) is 19.2 Å². The van der Waals surface area contributed by atoms with E-state index in [1.807, 2.05) is 0 Å². The summed E-state index contributed by atoms with van der Waals surface area (Å²) in [5.41, 5.74) is 2.22. The van der Waals surface area contributed by atoms with Crippen LogP contribution in [-0.2, 0) is 6.42 Å². The van der Waals surface area contributed by atoms with Gasteiger partial charge in [-0.1, -0.05) is 12.1 Å². The van der Waals surface area contributed by atoms with Crippen LogP contribution in [0.2, 0.25) is 0 Å². The summed E-state index contributed by atoms with van der Waals surface area (Å²) in [4.78, 5) is 17.0. The standard InChI is InChI=1S/C17H15NO4/c1-22-15-9-13-10(8-14(15)20)5-6-18-16(13)17(21)11-3-2-4-12(19)7-11/h2-4,7-9,19-20H,5-6H2,1H3. The van der Waals surface area contributed by atoms with E-state index >= 15 is 0 Å². The Morgan fingerprint density at radius 1 is 1.23 bits per heavy atom. The number of aromatic hydroxyl groups is 2. The summed E-state index contributed by atoms with van der Waals surface area (Å²) in [6, 6.07) is 9.41. The second-order valence-corrected chi connectivity index (χ2v) is 5.04. The van der Waals surface area contributed by atoms with Crippen LogP contribution in [0.25, 0.3) is 0 Å². The average molecular weight is 297 g/mol. The van der Waals surface area contributed by atoms with Gasteiger partial charge in [0.05, 0.1) is 7.11 Å². The highest BCUT2D eigenvalue weighted by molar-refractivity contribution is 6.52. The molecular formula is C17H15NO4. The van der Waals surface area contributed by atoms with Gasteiger partial charge in [0.2, 0.25) is 5.78 Å². The fourth-order valence-corrected chi connectivity index (χ4v) is 2.55. The second-order valence-electron chi connectivity index (χ2n) is 5.04. The summed E-state index contributed by atoms with van der Waals surface area (Å²) in [7, 11) is 1.46. The number of nitrogens with zero attached hydrogens (tertiary/aromatic N) is 1. The molecule has 22 heavy (non-hydrogen) atoms. The zero-order chi connectivity index (χ0) is 15.7. The van der Waals surface area contributed by atoms with Crippen LogP contribution in [0.3, 0.4) is 0 Å². The van der Waals surface area contributed by atoms with Gasteiger partial charge in [0.1, 0.15) is 11.5 Å². The molecule has 2 aromatic rings. The Labute approximate surface area is 127 Å². The van der Waals surface area contributed by atoms with Crippen molar-refractivity contribution in [3.05, 3.63) is 53.1 Å². The molecule has 112 valence electrons. The summed E-state index contributed by atoms with van der Waals surface area (Å²) in [5, 5.41) is 19.4. The van der Waals surface area contributed by atoms with Crippen LogP contribution in [0.1, 0.15) is 21.5 Å². The molecule has 0 aliphatic carbocycles. The van der Waals surface area contributed by atoms with Gasteiger partial charge < -0.3 is 14.9 Å². The molecule has 5 heteroatoms. The zero-order valence-electron chi connectivity index (χ0n) is 12.0. The first-order valence-corrected chi connectivity index (χ1v) is 6.88. The third kappa shape index (κ3) is 2.41. The van der Waals surface area contributed by atoms with Gasteiger partial charge in [-0.2, -0.15) is 0 Å². The Morgan fingerprint density at radius 3 is 2.77 bits per heavy atom. The van der Waals surface area contributed by atoms with Gasteiger partial charge in [-0.05, 0) is 36.2 Å². The van der Waals surface area contributed by atoms with Crippen LogP contribution in [0.4, 0.5) is 0 Å². The summed E-state index contributed by atoms with van der Waals surface area (Å²) in [5.74, 6) is 0.125. The van der Waals surface area contributed by atoms with E-state index in [0.29, 0.717) is 35.6 Å². The fourth-order valence-electron chi connectivity index (χ4n) is 2.55. The Kier molecular flexibility index (Phi) is 3.55. The third-order valence-corrected chi connectivity index (χ3v) is 3.63. The van der Waals surface area contributed by atoms with Crippen LogP contribution in [0.15, 0.2) is 41.4 Å². The first kappa shape index (κ1) is 14.1. The molecule has 5 nitrogen and oxygen atoms in total. The first-order valence-electron chi connectivity index (χ1n) is 6.88. The molecule has 0 bridgehead atoms. The maximum absolute atomic E-state index is 12.7. The zero-order valence-corrected chi connectivity index (χ0v) is 12.0. The molecule has 2 N–H and O–H groups in total. The van der Waals surface area contributed by atoms with E-state index < -0.39 is 0 Å². The maximum Gasteiger partial charge on any atom is 0.211 e. The van der Waals surface area contributed by atoms with Gasteiger partial charge in [-0.25, -0.2) is 0 Å². The number of phenolic OH excluding ortho intramolecular Hbond substituents is 2. The minimum absolute atomic E-state index is 0.0331. The number of carbonyl (C=O) groups excluding carboxylic acids is 1. The van der Waals surface area contributed by atoms with Crippen LogP contribution >= 0.6 is 0 Å². The Morgan fingerprint density at radius 2 is 2.05 bits per heavy atom. The molecule has 1 aliphatic heterocycles. The fraction of sp³-hybridized carbons (Fsp3) is 0.176. The van der Waals surface area contributed by atoms with E-state index in [2.05, 4.69) is 4.99 Å². The predicted octanol–water partition coefficient (Wildman–Crippen LogP) is 2.33. The lowest BCUT2D eigenvalue weighted by Gasteiger charge is -2.18. The van der Waals surface area contributed by atoms with Crippen LogP contribution < -0.4 is 4.74 Å². The predicted molar refractivity (Wildman–Crippen MR) is 82.2 cm³/mol.